The molecule has 3 nitrogen and oxygen atoms in total. The summed E-state index contributed by atoms with van der Waals surface area (Å²) in [4.78, 5) is 4.44. The number of nitrogens with zero attached hydrogens (tertiary/aromatic N) is 1. The molecule has 110 valence electrons. The number of hydrogen-bond acceptors (Lipinski definition) is 3. The van der Waals surface area contributed by atoms with E-state index in [1.165, 1.54) is 41.5 Å². The SMILES string of the molecule is Cc1cc(C(Cc2ccc3c(c2)CCC3)NN)cc(C)n1. The Hall–Kier alpha value is -1.71. The Morgan fingerprint density at radius 1 is 1.10 bits per heavy atom. The normalized spacial score (nSPS) is 15.0. The molecule has 0 fully saturated rings. The molecule has 3 rings (SSSR count). The predicted molar refractivity (Wildman–Crippen MR) is 85.9 cm³/mol. The van der Waals surface area contributed by atoms with Crippen molar-refractivity contribution in [2.75, 3.05) is 0 Å². The minimum Gasteiger partial charge on any atom is -0.271 e. The summed E-state index contributed by atoms with van der Waals surface area (Å²) in [6.45, 7) is 4.05. The zero-order chi connectivity index (χ0) is 14.8. The molecular formula is C18H23N3. The summed E-state index contributed by atoms with van der Waals surface area (Å²) in [5, 5.41) is 0. The lowest BCUT2D eigenvalue weighted by Crippen LogP contribution is -2.29. The molecule has 21 heavy (non-hydrogen) atoms. The molecule has 0 amide bonds. The van der Waals surface area contributed by atoms with Crippen LogP contribution in [0, 0.1) is 13.8 Å². The van der Waals surface area contributed by atoms with Gasteiger partial charge in [-0.1, -0.05) is 18.2 Å². The summed E-state index contributed by atoms with van der Waals surface area (Å²) in [6, 6.07) is 11.2. The maximum absolute atomic E-state index is 5.80. The molecule has 0 spiro atoms. The van der Waals surface area contributed by atoms with Gasteiger partial charge in [-0.25, -0.2) is 0 Å². The standard InChI is InChI=1S/C18H23N3/c1-12-8-17(9-13(2)20-12)18(21-19)11-14-6-7-15-4-3-5-16(15)10-14/h6-10,18,21H,3-5,11,19H2,1-2H3. The quantitative estimate of drug-likeness (QED) is 0.669. The third-order valence-corrected chi connectivity index (χ3v) is 4.31. The molecule has 1 unspecified atom stereocenters. The van der Waals surface area contributed by atoms with Crippen molar-refractivity contribution in [3.8, 4) is 0 Å². The highest BCUT2D eigenvalue weighted by Gasteiger charge is 2.15. The molecule has 1 atom stereocenters. The number of nitrogens with one attached hydrogen (secondary N) is 1. The van der Waals surface area contributed by atoms with Crippen LogP contribution in [-0.4, -0.2) is 4.98 Å². The molecule has 0 saturated carbocycles. The molecule has 0 bridgehead atoms. The minimum absolute atomic E-state index is 0.129. The lowest BCUT2D eigenvalue weighted by molar-refractivity contribution is 0.550. The molecule has 3 heteroatoms. The van der Waals surface area contributed by atoms with Crippen LogP contribution in [0.25, 0.3) is 0 Å². The summed E-state index contributed by atoms with van der Waals surface area (Å²) < 4.78 is 0. The molecule has 1 aliphatic rings. The number of nitrogens with two attached hydrogens (primary N) is 1. The third kappa shape index (κ3) is 3.14. The summed E-state index contributed by atoms with van der Waals surface area (Å²) in [5.41, 5.74) is 10.6. The molecule has 0 radical (unpaired) electrons. The average Bonchev–Trinajstić information content (AvgIpc) is 2.91. The Kier molecular flexibility index (Phi) is 4.04. The lowest BCUT2D eigenvalue weighted by Gasteiger charge is -2.18. The summed E-state index contributed by atoms with van der Waals surface area (Å²) in [7, 11) is 0. The van der Waals surface area contributed by atoms with Crippen LogP contribution in [0.5, 0.6) is 0 Å². The van der Waals surface area contributed by atoms with Crippen molar-refractivity contribution in [3.63, 3.8) is 0 Å². The van der Waals surface area contributed by atoms with Gasteiger partial charge < -0.3 is 0 Å². The van der Waals surface area contributed by atoms with E-state index in [-0.39, 0.29) is 6.04 Å². The first-order valence-corrected chi connectivity index (χ1v) is 7.67. The number of rotatable bonds is 4. The number of fused-ring (bicyclic) bond motifs is 1. The fraction of sp³-hybridized carbons (Fsp3) is 0.389. The minimum atomic E-state index is 0.129. The molecule has 0 aliphatic heterocycles. The van der Waals surface area contributed by atoms with E-state index >= 15 is 0 Å². The summed E-state index contributed by atoms with van der Waals surface area (Å²) in [6.07, 6.45) is 4.65. The van der Waals surface area contributed by atoms with Gasteiger partial charge in [0, 0.05) is 11.4 Å². The second kappa shape index (κ2) is 5.96. The monoisotopic (exact) mass is 281 g/mol. The van der Waals surface area contributed by atoms with Crippen LogP contribution < -0.4 is 11.3 Å². The van der Waals surface area contributed by atoms with Crippen LogP contribution in [0.3, 0.4) is 0 Å². The molecule has 1 aliphatic carbocycles. The smallest absolute Gasteiger partial charge is 0.0501 e. The Morgan fingerprint density at radius 2 is 1.81 bits per heavy atom. The first-order valence-electron chi connectivity index (χ1n) is 7.67. The van der Waals surface area contributed by atoms with E-state index in [9.17, 15) is 0 Å². The second-order valence-electron chi connectivity index (χ2n) is 6.06. The Balaban J connectivity index is 1.84. The van der Waals surface area contributed by atoms with Gasteiger partial charge >= 0.3 is 0 Å². The van der Waals surface area contributed by atoms with Crippen molar-refractivity contribution in [2.24, 2.45) is 5.84 Å². The van der Waals surface area contributed by atoms with E-state index in [1.807, 2.05) is 13.8 Å². The maximum atomic E-state index is 5.80. The first-order chi connectivity index (χ1) is 10.2. The van der Waals surface area contributed by atoms with E-state index < -0.39 is 0 Å². The average molecular weight is 281 g/mol. The van der Waals surface area contributed by atoms with Crippen LogP contribution in [0.15, 0.2) is 30.3 Å². The van der Waals surface area contributed by atoms with Crippen molar-refractivity contribution >= 4 is 0 Å². The zero-order valence-electron chi connectivity index (χ0n) is 12.8. The van der Waals surface area contributed by atoms with Gasteiger partial charge in [-0.3, -0.25) is 16.3 Å². The Bertz CT molecular complexity index is 629. The fourth-order valence-corrected chi connectivity index (χ4v) is 3.33. The van der Waals surface area contributed by atoms with E-state index in [0.29, 0.717) is 0 Å². The molecule has 1 aromatic carbocycles. The molecule has 0 saturated heterocycles. The number of hydrazine groups is 1. The van der Waals surface area contributed by atoms with Gasteiger partial charge in [-0.05, 0) is 73.9 Å². The van der Waals surface area contributed by atoms with Gasteiger partial charge in [0.1, 0.15) is 0 Å². The highest BCUT2D eigenvalue weighted by Crippen LogP contribution is 2.25. The van der Waals surface area contributed by atoms with Crippen LogP contribution in [0.1, 0.15) is 46.1 Å². The number of benzene rings is 1. The van der Waals surface area contributed by atoms with Crippen molar-refractivity contribution in [1.82, 2.24) is 10.4 Å². The number of hydrogen-bond donors (Lipinski definition) is 2. The summed E-state index contributed by atoms with van der Waals surface area (Å²) in [5.74, 6) is 5.80. The molecule has 2 aromatic rings. The zero-order valence-corrected chi connectivity index (χ0v) is 12.8. The topological polar surface area (TPSA) is 50.9 Å². The van der Waals surface area contributed by atoms with Crippen LogP contribution >= 0.6 is 0 Å². The van der Waals surface area contributed by atoms with Gasteiger partial charge in [0.05, 0.1) is 6.04 Å². The van der Waals surface area contributed by atoms with E-state index in [4.69, 9.17) is 5.84 Å². The number of pyridine rings is 1. The summed E-state index contributed by atoms with van der Waals surface area (Å²) >= 11 is 0. The van der Waals surface area contributed by atoms with Gasteiger partial charge in [0.15, 0.2) is 0 Å². The Labute approximate surface area is 126 Å². The Morgan fingerprint density at radius 3 is 2.52 bits per heavy atom. The molecule has 1 heterocycles. The van der Waals surface area contributed by atoms with Crippen molar-refractivity contribution in [1.29, 1.82) is 0 Å². The second-order valence-corrected chi connectivity index (χ2v) is 6.06. The van der Waals surface area contributed by atoms with Gasteiger partial charge in [-0.2, -0.15) is 0 Å². The highest BCUT2D eigenvalue weighted by atomic mass is 15.2. The molecular weight excluding hydrogens is 258 g/mol. The van der Waals surface area contributed by atoms with Gasteiger partial charge in [-0.15, -0.1) is 0 Å². The number of aryl methyl sites for hydroxylation is 4. The predicted octanol–water partition coefficient (Wildman–Crippen LogP) is 2.93. The largest absolute Gasteiger partial charge is 0.271 e. The van der Waals surface area contributed by atoms with E-state index in [0.717, 1.165) is 17.8 Å². The van der Waals surface area contributed by atoms with E-state index in [2.05, 4.69) is 40.7 Å². The first kappa shape index (κ1) is 14.2. The van der Waals surface area contributed by atoms with Crippen molar-refractivity contribution < 1.29 is 0 Å². The van der Waals surface area contributed by atoms with Crippen molar-refractivity contribution in [2.45, 2.75) is 45.6 Å². The lowest BCUT2D eigenvalue weighted by atomic mass is 9.96. The highest BCUT2D eigenvalue weighted by molar-refractivity contribution is 5.36. The van der Waals surface area contributed by atoms with Crippen LogP contribution in [0.2, 0.25) is 0 Å². The third-order valence-electron chi connectivity index (χ3n) is 4.31. The van der Waals surface area contributed by atoms with Crippen LogP contribution in [0.4, 0.5) is 0 Å². The molecule has 1 aromatic heterocycles. The van der Waals surface area contributed by atoms with E-state index in [1.54, 1.807) is 0 Å². The maximum Gasteiger partial charge on any atom is 0.0501 e. The fourth-order valence-electron chi connectivity index (χ4n) is 3.33. The van der Waals surface area contributed by atoms with Crippen LogP contribution in [-0.2, 0) is 19.3 Å². The molecule has 3 N–H and O–H groups in total. The van der Waals surface area contributed by atoms with Gasteiger partial charge in [0.25, 0.3) is 0 Å². The van der Waals surface area contributed by atoms with Crippen molar-refractivity contribution in [3.05, 3.63) is 64.0 Å². The van der Waals surface area contributed by atoms with Gasteiger partial charge in [0.2, 0.25) is 0 Å². The number of aromatic nitrogens is 1.